The Kier molecular flexibility index (Phi) is 29.0. The van der Waals surface area contributed by atoms with Crippen molar-refractivity contribution in [2.45, 2.75) is 199 Å². The Bertz CT molecular complexity index is 916. The van der Waals surface area contributed by atoms with Crippen molar-refractivity contribution in [3.63, 3.8) is 0 Å². The summed E-state index contributed by atoms with van der Waals surface area (Å²) >= 11 is 0. The Morgan fingerprint density at radius 3 is 1.73 bits per heavy atom. The van der Waals surface area contributed by atoms with Crippen LogP contribution in [0.15, 0.2) is 24.3 Å². The van der Waals surface area contributed by atoms with E-state index in [-0.39, 0.29) is 19.4 Å². The lowest BCUT2D eigenvalue weighted by molar-refractivity contribution is -0.161. The molecule has 3 atom stereocenters. The van der Waals surface area contributed by atoms with Crippen LogP contribution in [0.2, 0.25) is 0 Å². The smallest absolute Gasteiger partial charge is 0.462 e. The van der Waals surface area contributed by atoms with Crippen LogP contribution in [0.25, 0.3) is 0 Å². The third-order valence-electron chi connectivity index (χ3n) is 8.87. The molecule has 1 heterocycles. The number of phosphoric acid groups is 1. The summed E-state index contributed by atoms with van der Waals surface area (Å²) in [5, 5.41) is 0. The number of hydrogen-bond donors (Lipinski definition) is 2. The normalized spacial score (nSPS) is 16.8. The van der Waals surface area contributed by atoms with E-state index in [0.29, 0.717) is 25.0 Å². The number of unbranched alkanes of at least 4 members (excludes halogenated alkanes) is 18. The van der Waals surface area contributed by atoms with Gasteiger partial charge in [0.25, 0.3) is 0 Å². The zero-order valence-electron chi connectivity index (χ0n) is 31.0. The van der Waals surface area contributed by atoms with Gasteiger partial charge in [-0.3, -0.25) is 14.1 Å². The molecule has 9 nitrogen and oxygen atoms in total. The highest BCUT2D eigenvalue weighted by atomic mass is 31.2. The Morgan fingerprint density at radius 1 is 0.633 bits per heavy atom. The van der Waals surface area contributed by atoms with Gasteiger partial charge in [-0.2, -0.15) is 0 Å². The molecule has 0 radical (unpaired) electrons. The molecule has 1 rings (SSSR count). The molecule has 0 aromatic carbocycles. The average Bonchev–Trinajstić information content (AvgIpc) is 3.82. The SMILES string of the molecule is CCCCC/C=C\CC1OC1CCCCCCCC(=O)OC[C@H](COP(=O)(O)O)OC(=O)CCCCCCCCC/C=C\CCCCCC. The zero-order chi connectivity index (χ0) is 35.8. The fraction of sp³-hybridized carbons (Fsp3) is 0.846. The minimum atomic E-state index is -4.76. The molecule has 1 fully saturated rings. The molecule has 0 amide bonds. The van der Waals surface area contributed by atoms with Gasteiger partial charge in [-0.15, -0.1) is 0 Å². The van der Waals surface area contributed by atoms with E-state index in [0.717, 1.165) is 70.6 Å². The predicted molar refractivity (Wildman–Crippen MR) is 197 cm³/mol. The number of epoxide rings is 1. The third-order valence-corrected chi connectivity index (χ3v) is 9.35. The van der Waals surface area contributed by atoms with Crippen LogP contribution < -0.4 is 0 Å². The quantitative estimate of drug-likeness (QED) is 0.0216. The summed E-state index contributed by atoms with van der Waals surface area (Å²) < 4.78 is 32.1. The lowest BCUT2D eigenvalue weighted by atomic mass is 10.1. The minimum Gasteiger partial charge on any atom is -0.462 e. The van der Waals surface area contributed by atoms with Gasteiger partial charge in [0.15, 0.2) is 6.10 Å². The topological polar surface area (TPSA) is 132 Å². The van der Waals surface area contributed by atoms with E-state index in [1.54, 1.807) is 0 Å². The van der Waals surface area contributed by atoms with Crippen molar-refractivity contribution in [1.29, 1.82) is 0 Å². The number of phosphoric ester groups is 1. The van der Waals surface area contributed by atoms with Crippen molar-refractivity contribution >= 4 is 19.8 Å². The van der Waals surface area contributed by atoms with Crippen LogP contribution in [0.5, 0.6) is 0 Å². The Morgan fingerprint density at radius 2 is 1.12 bits per heavy atom. The molecule has 10 heteroatoms. The second-order valence-electron chi connectivity index (χ2n) is 13.6. The van der Waals surface area contributed by atoms with Gasteiger partial charge in [0.1, 0.15) is 6.61 Å². The van der Waals surface area contributed by atoms with Gasteiger partial charge in [-0.05, 0) is 64.2 Å². The van der Waals surface area contributed by atoms with Gasteiger partial charge in [0.05, 0.1) is 18.8 Å². The maximum atomic E-state index is 12.4. The molecule has 49 heavy (non-hydrogen) atoms. The van der Waals surface area contributed by atoms with E-state index in [4.69, 9.17) is 24.0 Å². The first-order chi connectivity index (χ1) is 23.7. The molecule has 286 valence electrons. The van der Waals surface area contributed by atoms with E-state index in [9.17, 15) is 14.2 Å². The van der Waals surface area contributed by atoms with E-state index in [1.165, 1.54) is 70.6 Å². The molecular formula is C39H71O9P. The molecule has 0 aromatic heterocycles. The Balaban J connectivity index is 2.08. The Labute approximate surface area is 298 Å². The molecule has 2 unspecified atom stereocenters. The van der Waals surface area contributed by atoms with Crippen LogP contribution in [0.3, 0.4) is 0 Å². The molecule has 1 aliphatic rings. The molecule has 1 saturated heterocycles. The predicted octanol–water partition coefficient (Wildman–Crippen LogP) is 10.6. The highest BCUT2D eigenvalue weighted by molar-refractivity contribution is 7.46. The van der Waals surface area contributed by atoms with Crippen LogP contribution in [0, 0.1) is 0 Å². The number of rotatable bonds is 35. The van der Waals surface area contributed by atoms with Gasteiger partial charge in [-0.1, -0.05) is 128 Å². The van der Waals surface area contributed by atoms with Crippen LogP contribution >= 0.6 is 7.82 Å². The summed E-state index contributed by atoms with van der Waals surface area (Å²) in [6.45, 7) is 3.62. The van der Waals surface area contributed by atoms with Crippen LogP contribution in [0.4, 0.5) is 0 Å². The summed E-state index contributed by atoms with van der Waals surface area (Å²) in [4.78, 5) is 42.8. The molecule has 0 saturated carbocycles. The second-order valence-corrected chi connectivity index (χ2v) is 14.9. The van der Waals surface area contributed by atoms with Crippen molar-refractivity contribution in [2.75, 3.05) is 13.2 Å². The first kappa shape index (κ1) is 45.5. The Hall–Kier alpha value is -1.51. The molecule has 0 aliphatic carbocycles. The number of allylic oxidation sites excluding steroid dienone is 3. The molecule has 0 spiro atoms. The number of esters is 2. The van der Waals surface area contributed by atoms with E-state index in [1.807, 2.05) is 0 Å². The minimum absolute atomic E-state index is 0.201. The lowest BCUT2D eigenvalue weighted by Gasteiger charge is -2.18. The van der Waals surface area contributed by atoms with Crippen LogP contribution in [-0.4, -0.2) is 53.3 Å². The van der Waals surface area contributed by atoms with Gasteiger partial charge < -0.3 is 24.0 Å². The summed E-state index contributed by atoms with van der Waals surface area (Å²) in [7, 11) is -4.76. The first-order valence-corrected chi connectivity index (χ1v) is 21.3. The summed E-state index contributed by atoms with van der Waals surface area (Å²) in [6.07, 6.45) is 36.3. The summed E-state index contributed by atoms with van der Waals surface area (Å²) in [5.41, 5.74) is 0. The molecular weight excluding hydrogens is 643 g/mol. The second kappa shape index (κ2) is 31.2. The summed E-state index contributed by atoms with van der Waals surface area (Å²) in [5.74, 6) is -0.911. The van der Waals surface area contributed by atoms with Crippen molar-refractivity contribution in [3.05, 3.63) is 24.3 Å². The van der Waals surface area contributed by atoms with Crippen molar-refractivity contribution < 1.29 is 42.7 Å². The fourth-order valence-corrected chi connectivity index (χ4v) is 6.15. The largest absolute Gasteiger partial charge is 0.469 e. The van der Waals surface area contributed by atoms with Crippen molar-refractivity contribution in [1.82, 2.24) is 0 Å². The van der Waals surface area contributed by atoms with E-state index >= 15 is 0 Å². The van der Waals surface area contributed by atoms with E-state index in [2.05, 4.69) is 42.7 Å². The van der Waals surface area contributed by atoms with E-state index < -0.39 is 32.5 Å². The third kappa shape index (κ3) is 31.0. The van der Waals surface area contributed by atoms with Gasteiger partial charge in [-0.25, -0.2) is 4.57 Å². The number of ether oxygens (including phenoxy) is 3. The maximum Gasteiger partial charge on any atom is 0.469 e. The number of carbonyl (C=O) groups is 2. The fourth-order valence-electron chi connectivity index (χ4n) is 5.79. The highest BCUT2D eigenvalue weighted by Crippen LogP contribution is 2.36. The van der Waals surface area contributed by atoms with Gasteiger partial charge in [0.2, 0.25) is 0 Å². The molecule has 0 bridgehead atoms. The molecule has 1 aliphatic heterocycles. The van der Waals surface area contributed by atoms with Gasteiger partial charge >= 0.3 is 19.8 Å². The van der Waals surface area contributed by atoms with Crippen molar-refractivity contribution in [2.24, 2.45) is 0 Å². The standard InChI is InChI=1S/C39H71O9P/c1-3-5-7-9-11-12-13-14-15-16-17-18-19-23-28-32-39(41)47-35(34-46-49(42,43)44)33-45-38(40)31-27-24-20-22-26-30-37-36(48-37)29-25-21-10-8-6-4-2/h12-13,21,25,35-37H,3-11,14-20,22-24,26-34H2,1-2H3,(H2,42,43,44)/b13-12-,25-21-/t35-,36?,37?/m1/s1. The maximum absolute atomic E-state index is 12.4. The number of carbonyl (C=O) groups excluding carboxylic acids is 2. The number of hydrogen-bond acceptors (Lipinski definition) is 7. The lowest BCUT2D eigenvalue weighted by Crippen LogP contribution is -2.29. The molecule has 0 aromatic rings. The van der Waals surface area contributed by atoms with Crippen LogP contribution in [-0.2, 0) is 32.9 Å². The molecule has 2 N–H and O–H groups in total. The van der Waals surface area contributed by atoms with Crippen molar-refractivity contribution in [3.8, 4) is 0 Å². The first-order valence-electron chi connectivity index (χ1n) is 19.8. The zero-order valence-corrected chi connectivity index (χ0v) is 31.9. The van der Waals surface area contributed by atoms with Crippen LogP contribution in [0.1, 0.15) is 181 Å². The monoisotopic (exact) mass is 714 g/mol. The van der Waals surface area contributed by atoms with Gasteiger partial charge in [0, 0.05) is 12.8 Å². The summed E-state index contributed by atoms with van der Waals surface area (Å²) in [6, 6.07) is 0. The highest BCUT2D eigenvalue weighted by Gasteiger charge is 2.36. The average molecular weight is 715 g/mol.